The standard InChI is InChI=1S/C19H28N4O2.HI/c1-5-20-19(21-13-17-10-7-11-25-17)22-14-18(23(2)3)15-8-6-9-16(12-15)24-4;/h6-12,18H,5,13-14H2,1-4H3,(H2,20,21,22);1H. The van der Waals surface area contributed by atoms with E-state index in [9.17, 15) is 0 Å². The molecule has 1 unspecified atom stereocenters. The molecule has 2 aromatic rings. The molecule has 0 saturated heterocycles. The van der Waals surface area contributed by atoms with Crippen molar-refractivity contribution in [1.29, 1.82) is 0 Å². The first-order valence-corrected chi connectivity index (χ1v) is 8.49. The minimum Gasteiger partial charge on any atom is -0.497 e. The molecule has 1 heterocycles. The Balaban J connectivity index is 0.00000338. The zero-order valence-electron chi connectivity index (χ0n) is 15.9. The van der Waals surface area contributed by atoms with Crippen molar-refractivity contribution in [3.8, 4) is 5.75 Å². The molecular formula is C19H29IN4O2. The van der Waals surface area contributed by atoms with Gasteiger partial charge in [0.1, 0.15) is 18.1 Å². The van der Waals surface area contributed by atoms with Crippen LogP contribution < -0.4 is 15.4 Å². The Hall–Kier alpha value is -1.74. The average molecular weight is 472 g/mol. The van der Waals surface area contributed by atoms with E-state index in [1.54, 1.807) is 13.4 Å². The summed E-state index contributed by atoms with van der Waals surface area (Å²) in [6, 6.07) is 12.1. The lowest BCUT2D eigenvalue weighted by molar-refractivity contribution is 0.297. The minimum atomic E-state index is 0. The Kier molecular flexibility index (Phi) is 10.1. The van der Waals surface area contributed by atoms with E-state index in [0.29, 0.717) is 6.54 Å². The Morgan fingerprint density at radius 1 is 1.23 bits per heavy atom. The third kappa shape index (κ3) is 6.87. The first kappa shape index (κ1) is 22.3. The van der Waals surface area contributed by atoms with Crippen LogP contribution in [0.1, 0.15) is 24.3 Å². The molecule has 0 saturated carbocycles. The highest BCUT2D eigenvalue weighted by Crippen LogP contribution is 2.22. The Bertz CT molecular complexity index is 659. The molecule has 26 heavy (non-hydrogen) atoms. The minimum absolute atomic E-state index is 0. The number of nitrogens with one attached hydrogen (secondary N) is 2. The fourth-order valence-corrected chi connectivity index (χ4v) is 2.54. The van der Waals surface area contributed by atoms with Crippen molar-refractivity contribution in [3.63, 3.8) is 0 Å². The maximum Gasteiger partial charge on any atom is 0.191 e. The number of methoxy groups -OCH3 is 1. The summed E-state index contributed by atoms with van der Waals surface area (Å²) < 4.78 is 10.7. The highest BCUT2D eigenvalue weighted by molar-refractivity contribution is 14.0. The number of benzene rings is 1. The molecule has 2 N–H and O–H groups in total. The molecule has 1 aromatic carbocycles. The number of rotatable bonds is 8. The van der Waals surface area contributed by atoms with E-state index in [1.165, 1.54) is 5.56 Å². The molecule has 1 aromatic heterocycles. The first-order chi connectivity index (χ1) is 12.1. The van der Waals surface area contributed by atoms with Gasteiger partial charge in [0.2, 0.25) is 0 Å². The summed E-state index contributed by atoms with van der Waals surface area (Å²) in [4.78, 5) is 6.75. The third-order valence-corrected chi connectivity index (χ3v) is 3.88. The molecule has 0 bridgehead atoms. The summed E-state index contributed by atoms with van der Waals surface area (Å²) in [7, 11) is 5.82. The second-order valence-electron chi connectivity index (χ2n) is 5.91. The number of guanidine groups is 1. The molecule has 144 valence electrons. The molecule has 2 rings (SSSR count). The van der Waals surface area contributed by atoms with Gasteiger partial charge in [-0.05, 0) is 50.8 Å². The van der Waals surface area contributed by atoms with Gasteiger partial charge in [0.25, 0.3) is 0 Å². The van der Waals surface area contributed by atoms with Crippen molar-refractivity contribution in [3.05, 3.63) is 54.0 Å². The zero-order valence-corrected chi connectivity index (χ0v) is 18.2. The van der Waals surface area contributed by atoms with Crippen LogP contribution >= 0.6 is 24.0 Å². The van der Waals surface area contributed by atoms with Gasteiger partial charge < -0.3 is 24.7 Å². The number of hydrogen-bond acceptors (Lipinski definition) is 4. The molecule has 0 aliphatic heterocycles. The molecule has 0 radical (unpaired) electrons. The van der Waals surface area contributed by atoms with Crippen LogP contribution in [0.2, 0.25) is 0 Å². The Morgan fingerprint density at radius 2 is 2.04 bits per heavy atom. The summed E-state index contributed by atoms with van der Waals surface area (Å²) in [6.07, 6.45) is 1.66. The summed E-state index contributed by atoms with van der Waals surface area (Å²) in [5, 5.41) is 6.68. The second-order valence-corrected chi connectivity index (χ2v) is 5.91. The number of likely N-dealkylation sites (N-methyl/N-ethyl adjacent to an activating group) is 1. The van der Waals surface area contributed by atoms with E-state index >= 15 is 0 Å². The van der Waals surface area contributed by atoms with Crippen LogP contribution in [0.15, 0.2) is 52.1 Å². The Labute approximate surface area is 173 Å². The third-order valence-electron chi connectivity index (χ3n) is 3.88. The van der Waals surface area contributed by atoms with Gasteiger partial charge in [0.05, 0.1) is 19.4 Å². The van der Waals surface area contributed by atoms with Crippen LogP contribution in [-0.2, 0) is 6.54 Å². The van der Waals surface area contributed by atoms with Gasteiger partial charge in [0.15, 0.2) is 5.96 Å². The lowest BCUT2D eigenvalue weighted by Gasteiger charge is -2.26. The fraction of sp³-hybridized carbons (Fsp3) is 0.421. The van der Waals surface area contributed by atoms with Crippen LogP contribution in [0.3, 0.4) is 0 Å². The highest BCUT2D eigenvalue weighted by atomic mass is 127. The monoisotopic (exact) mass is 472 g/mol. The molecule has 0 aliphatic rings. The quantitative estimate of drug-likeness (QED) is 0.351. The van der Waals surface area contributed by atoms with Gasteiger partial charge >= 0.3 is 0 Å². The van der Waals surface area contributed by atoms with E-state index in [1.807, 2.05) is 24.3 Å². The molecule has 0 spiro atoms. The van der Waals surface area contributed by atoms with Gasteiger partial charge in [-0.2, -0.15) is 0 Å². The first-order valence-electron chi connectivity index (χ1n) is 8.49. The maximum atomic E-state index is 5.34. The van der Waals surface area contributed by atoms with Gasteiger partial charge in [-0.15, -0.1) is 24.0 Å². The van der Waals surface area contributed by atoms with E-state index in [0.717, 1.165) is 30.6 Å². The van der Waals surface area contributed by atoms with Gasteiger partial charge in [-0.3, -0.25) is 0 Å². The van der Waals surface area contributed by atoms with Crippen LogP contribution in [0, 0.1) is 0 Å². The Morgan fingerprint density at radius 3 is 2.65 bits per heavy atom. The summed E-state index contributed by atoms with van der Waals surface area (Å²) >= 11 is 0. The molecule has 0 fully saturated rings. The van der Waals surface area contributed by atoms with Crippen molar-refractivity contribution in [2.45, 2.75) is 19.5 Å². The summed E-state index contributed by atoms with van der Waals surface area (Å²) in [6.45, 7) is 4.09. The largest absolute Gasteiger partial charge is 0.497 e. The molecule has 7 heteroatoms. The number of halogens is 1. The summed E-state index contributed by atoms with van der Waals surface area (Å²) in [5.74, 6) is 2.48. The van der Waals surface area contributed by atoms with Crippen LogP contribution in [0.5, 0.6) is 5.75 Å². The topological polar surface area (TPSA) is 62.0 Å². The van der Waals surface area contributed by atoms with Gasteiger partial charge in [-0.25, -0.2) is 4.99 Å². The van der Waals surface area contributed by atoms with Crippen LogP contribution in [0.4, 0.5) is 0 Å². The van der Waals surface area contributed by atoms with Crippen molar-refractivity contribution in [2.75, 3.05) is 34.3 Å². The number of aliphatic imine (C=N–C) groups is 1. The van der Waals surface area contributed by atoms with Crippen LogP contribution in [0.25, 0.3) is 0 Å². The summed E-state index contributed by atoms with van der Waals surface area (Å²) in [5.41, 5.74) is 1.19. The molecule has 0 amide bonds. The van der Waals surface area contributed by atoms with Crippen molar-refractivity contribution < 1.29 is 9.15 Å². The molecule has 0 aliphatic carbocycles. The maximum absolute atomic E-state index is 5.34. The average Bonchev–Trinajstić information content (AvgIpc) is 3.13. The predicted molar refractivity (Wildman–Crippen MR) is 116 cm³/mol. The van der Waals surface area contributed by atoms with E-state index in [-0.39, 0.29) is 30.0 Å². The smallest absolute Gasteiger partial charge is 0.191 e. The predicted octanol–water partition coefficient (Wildman–Crippen LogP) is 3.26. The van der Waals surface area contributed by atoms with Crippen LogP contribution in [-0.4, -0.2) is 45.2 Å². The van der Waals surface area contributed by atoms with E-state index < -0.39 is 0 Å². The lowest BCUT2D eigenvalue weighted by Crippen LogP contribution is -2.41. The number of nitrogens with zero attached hydrogens (tertiary/aromatic N) is 2. The second kappa shape index (κ2) is 11.8. The fourth-order valence-electron chi connectivity index (χ4n) is 2.54. The van der Waals surface area contributed by atoms with E-state index in [2.05, 4.69) is 53.7 Å². The number of furan rings is 1. The number of hydrogen-bond donors (Lipinski definition) is 2. The lowest BCUT2D eigenvalue weighted by atomic mass is 10.1. The van der Waals surface area contributed by atoms with Gasteiger partial charge in [0, 0.05) is 13.1 Å². The zero-order chi connectivity index (χ0) is 18.1. The molecular weight excluding hydrogens is 443 g/mol. The van der Waals surface area contributed by atoms with Gasteiger partial charge in [-0.1, -0.05) is 12.1 Å². The molecule has 6 nitrogen and oxygen atoms in total. The van der Waals surface area contributed by atoms with Crippen molar-refractivity contribution in [2.24, 2.45) is 4.99 Å². The van der Waals surface area contributed by atoms with E-state index in [4.69, 9.17) is 9.15 Å². The van der Waals surface area contributed by atoms with Crippen molar-refractivity contribution >= 4 is 29.9 Å². The number of ether oxygens (including phenoxy) is 1. The normalized spacial score (nSPS) is 12.4. The molecule has 1 atom stereocenters. The van der Waals surface area contributed by atoms with Crippen molar-refractivity contribution in [1.82, 2.24) is 15.5 Å². The SMILES string of the molecule is CCNC(=NCc1ccco1)NCC(c1cccc(OC)c1)N(C)C.I. The highest BCUT2D eigenvalue weighted by Gasteiger charge is 2.15.